The third-order valence-electron chi connectivity index (χ3n) is 2.46. The summed E-state index contributed by atoms with van der Waals surface area (Å²) < 4.78 is 50.7. The number of hydrogen-bond acceptors (Lipinski definition) is 5. The van der Waals surface area contributed by atoms with Gasteiger partial charge in [-0.3, -0.25) is 0 Å². The van der Waals surface area contributed by atoms with Crippen molar-refractivity contribution in [1.29, 1.82) is 0 Å². The molecule has 0 aromatic heterocycles. The molecule has 0 fully saturated rings. The van der Waals surface area contributed by atoms with E-state index in [0.29, 0.717) is 6.42 Å². The molecule has 0 aliphatic carbocycles. The Morgan fingerprint density at radius 1 is 1.10 bits per heavy atom. The lowest BCUT2D eigenvalue weighted by atomic mass is 10.3. The molecule has 1 aromatic rings. The first-order chi connectivity index (χ1) is 9.57. The molecule has 0 saturated carbocycles. The number of hydrogen-bond donors (Lipinski definition) is 1. The third kappa shape index (κ3) is 5.63. The molecule has 6 nitrogen and oxygen atoms in total. The molecule has 0 aliphatic heterocycles. The molecule has 1 aromatic carbocycles. The van der Waals surface area contributed by atoms with Gasteiger partial charge < -0.3 is 4.74 Å². The summed E-state index contributed by atoms with van der Waals surface area (Å²) in [6, 6.07) is 2.19. The number of sulfone groups is 1. The van der Waals surface area contributed by atoms with E-state index in [1.54, 1.807) is 6.92 Å². The fourth-order valence-corrected chi connectivity index (χ4v) is 3.98. The fraction of sp³-hybridized carbons (Fsp3) is 0.455. The minimum Gasteiger partial charge on any atom is -0.489 e. The molecule has 0 atom stereocenters. The molecule has 1 rings (SSSR count). The van der Waals surface area contributed by atoms with Crippen LogP contribution >= 0.6 is 23.2 Å². The number of ether oxygens (including phenoxy) is 1. The Labute approximate surface area is 134 Å². The van der Waals surface area contributed by atoms with E-state index in [1.165, 1.54) is 0 Å². The predicted octanol–water partition coefficient (Wildman–Crippen LogP) is 1.84. The van der Waals surface area contributed by atoms with Crippen LogP contribution in [0.15, 0.2) is 17.0 Å². The maximum atomic E-state index is 11.5. The summed E-state index contributed by atoms with van der Waals surface area (Å²) in [5.74, 6) is -0.0791. The first-order valence-corrected chi connectivity index (χ1v) is 10.0. The van der Waals surface area contributed by atoms with Crippen LogP contribution in [-0.4, -0.2) is 34.9 Å². The van der Waals surface area contributed by atoms with Crippen LogP contribution < -0.4 is 9.88 Å². The molecule has 2 N–H and O–H groups in total. The van der Waals surface area contributed by atoms with Crippen molar-refractivity contribution in [1.82, 2.24) is 0 Å². The number of primary sulfonamides is 1. The highest BCUT2D eigenvalue weighted by Gasteiger charge is 2.17. The van der Waals surface area contributed by atoms with Gasteiger partial charge >= 0.3 is 0 Å². The zero-order chi connectivity index (χ0) is 16.3. The van der Waals surface area contributed by atoms with Crippen molar-refractivity contribution in [2.75, 3.05) is 18.1 Å². The molecule has 0 aliphatic rings. The van der Waals surface area contributed by atoms with Crippen molar-refractivity contribution in [2.45, 2.75) is 18.2 Å². The number of sulfonamides is 1. The maximum absolute atomic E-state index is 11.5. The quantitative estimate of drug-likeness (QED) is 0.782. The van der Waals surface area contributed by atoms with Crippen molar-refractivity contribution < 1.29 is 21.6 Å². The van der Waals surface area contributed by atoms with Crippen LogP contribution in [0.5, 0.6) is 5.75 Å². The number of halogens is 2. The van der Waals surface area contributed by atoms with Crippen molar-refractivity contribution in [3.8, 4) is 5.75 Å². The van der Waals surface area contributed by atoms with Gasteiger partial charge in [-0.05, 0) is 18.6 Å². The van der Waals surface area contributed by atoms with Gasteiger partial charge in [0.15, 0.2) is 15.6 Å². The number of nitrogens with two attached hydrogens (primary N) is 1. The Bertz CT molecular complexity index is 693. The molecular weight excluding hydrogens is 361 g/mol. The van der Waals surface area contributed by atoms with Crippen molar-refractivity contribution >= 4 is 43.1 Å². The molecule has 21 heavy (non-hydrogen) atoms. The van der Waals surface area contributed by atoms with Gasteiger partial charge in [0.05, 0.1) is 26.4 Å². The average Bonchev–Trinajstić information content (AvgIpc) is 2.31. The molecule has 120 valence electrons. The van der Waals surface area contributed by atoms with Crippen molar-refractivity contribution in [2.24, 2.45) is 5.14 Å². The first kappa shape index (κ1) is 18.5. The predicted molar refractivity (Wildman–Crippen MR) is 82.3 cm³/mol. The van der Waals surface area contributed by atoms with E-state index in [2.05, 4.69) is 0 Å². The van der Waals surface area contributed by atoms with Crippen molar-refractivity contribution in [3.63, 3.8) is 0 Å². The van der Waals surface area contributed by atoms with E-state index in [4.69, 9.17) is 33.1 Å². The molecular formula is C11H15Cl2NO5S2. The Morgan fingerprint density at radius 2 is 1.62 bits per heavy atom. The molecule has 0 amide bonds. The molecule has 0 spiro atoms. The van der Waals surface area contributed by atoms with E-state index in [0.717, 1.165) is 12.1 Å². The number of benzene rings is 1. The summed E-state index contributed by atoms with van der Waals surface area (Å²) in [5.41, 5.74) is 0. The van der Waals surface area contributed by atoms with Crippen LogP contribution in [0.25, 0.3) is 0 Å². The highest BCUT2D eigenvalue weighted by atomic mass is 35.5. The van der Waals surface area contributed by atoms with Crippen LogP contribution in [0.2, 0.25) is 10.0 Å². The molecule has 10 heteroatoms. The van der Waals surface area contributed by atoms with E-state index in [9.17, 15) is 16.8 Å². The van der Waals surface area contributed by atoms with Gasteiger partial charge in [0.25, 0.3) is 0 Å². The van der Waals surface area contributed by atoms with Crippen LogP contribution in [-0.2, 0) is 19.9 Å². The summed E-state index contributed by atoms with van der Waals surface area (Å²) >= 11 is 11.7. The lowest BCUT2D eigenvalue weighted by molar-refractivity contribution is 0.341. The van der Waals surface area contributed by atoms with Gasteiger partial charge in [-0.1, -0.05) is 30.1 Å². The van der Waals surface area contributed by atoms with E-state index in [-0.39, 0.29) is 38.8 Å². The Hall–Kier alpha value is -0.540. The molecule has 0 heterocycles. The summed E-state index contributed by atoms with van der Waals surface area (Å²) in [5, 5.41) is 4.86. The normalized spacial score (nSPS) is 12.4. The van der Waals surface area contributed by atoms with E-state index >= 15 is 0 Å². The van der Waals surface area contributed by atoms with Crippen LogP contribution in [0.4, 0.5) is 0 Å². The zero-order valence-electron chi connectivity index (χ0n) is 11.2. The smallest absolute Gasteiger partial charge is 0.238 e. The van der Waals surface area contributed by atoms with Gasteiger partial charge in [0.2, 0.25) is 10.0 Å². The second-order valence-corrected chi connectivity index (χ2v) is 8.94. The topological polar surface area (TPSA) is 104 Å². The van der Waals surface area contributed by atoms with Gasteiger partial charge in [0.1, 0.15) is 6.61 Å². The van der Waals surface area contributed by atoms with Gasteiger partial charge in [-0.2, -0.15) is 0 Å². The van der Waals surface area contributed by atoms with Crippen LogP contribution in [0.1, 0.15) is 13.3 Å². The fourth-order valence-electron chi connectivity index (χ4n) is 1.52. The van der Waals surface area contributed by atoms with Gasteiger partial charge in [-0.15, -0.1) is 0 Å². The van der Waals surface area contributed by atoms with E-state index < -0.39 is 19.9 Å². The monoisotopic (exact) mass is 375 g/mol. The Morgan fingerprint density at radius 3 is 2.05 bits per heavy atom. The summed E-state index contributed by atoms with van der Waals surface area (Å²) in [4.78, 5) is -0.247. The van der Waals surface area contributed by atoms with Crippen LogP contribution in [0.3, 0.4) is 0 Å². The zero-order valence-corrected chi connectivity index (χ0v) is 14.3. The lowest BCUT2D eigenvalue weighted by Crippen LogP contribution is -2.17. The minimum atomic E-state index is -3.94. The van der Waals surface area contributed by atoms with Gasteiger partial charge in [-0.25, -0.2) is 22.0 Å². The van der Waals surface area contributed by atoms with Crippen LogP contribution in [0, 0.1) is 0 Å². The Kier molecular flexibility index (Phi) is 6.30. The largest absolute Gasteiger partial charge is 0.489 e. The first-order valence-electron chi connectivity index (χ1n) is 5.92. The average molecular weight is 376 g/mol. The summed E-state index contributed by atoms with van der Waals surface area (Å²) in [6.45, 7) is 1.63. The minimum absolute atomic E-state index is 0.0254. The molecule has 0 unspecified atom stereocenters. The van der Waals surface area contributed by atoms with Gasteiger partial charge in [0, 0.05) is 0 Å². The molecule has 0 saturated heterocycles. The van der Waals surface area contributed by atoms with Crippen molar-refractivity contribution in [3.05, 3.63) is 22.2 Å². The highest BCUT2D eigenvalue weighted by Crippen LogP contribution is 2.35. The second-order valence-electron chi connectivity index (χ2n) is 4.26. The second kappa shape index (κ2) is 7.15. The third-order valence-corrected chi connectivity index (χ3v) is 5.73. The SMILES string of the molecule is CCCS(=O)(=O)CCOc1c(Cl)cc(S(N)(=O)=O)cc1Cl. The highest BCUT2D eigenvalue weighted by molar-refractivity contribution is 7.91. The Balaban J connectivity index is 2.87. The summed E-state index contributed by atoms with van der Waals surface area (Å²) in [7, 11) is -7.12. The standard InChI is InChI=1S/C11H15Cl2NO5S2/c1-2-4-20(15,16)5-3-19-11-9(12)6-8(7-10(11)13)21(14,17)18/h6-7H,2-5H2,1H3,(H2,14,17,18). The molecule has 0 bridgehead atoms. The maximum Gasteiger partial charge on any atom is 0.238 e. The molecule has 0 radical (unpaired) electrons. The number of rotatable bonds is 7. The summed E-state index contributed by atoms with van der Waals surface area (Å²) in [6.07, 6.45) is 0.521. The lowest BCUT2D eigenvalue weighted by Gasteiger charge is -2.11. The van der Waals surface area contributed by atoms with E-state index in [1.807, 2.05) is 0 Å².